The Kier molecular flexibility index (Phi) is 5.79. The first-order chi connectivity index (χ1) is 12.0. The van der Waals surface area contributed by atoms with E-state index >= 15 is 0 Å². The zero-order chi connectivity index (χ0) is 17.9. The summed E-state index contributed by atoms with van der Waals surface area (Å²) in [6.07, 6.45) is 1.54. The molecule has 0 N–H and O–H groups in total. The van der Waals surface area contributed by atoms with E-state index in [9.17, 15) is 8.42 Å². The summed E-state index contributed by atoms with van der Waals surface area (Å²) < 4.78 is 32.8. The van der Waals surface area contributed by atoms with E-state index in [1.165, 1.54) is 6.07 Å². The fourth-order valence-corrected chi connectivity index (χ4v) is 5.21. The monoisotopic (exact) mass is 379 g/mol. The van der Waals surface area contributed by atoms with E-state index in [0.717, 1.165) is 18.4 Å². The number of halogens is 1. The van der Waals surface area contributed by atoms with E-state index < -0.39 is 10.0 Å². The van der Waals surface area contributed by atoms with Crippen molar-refractivity contribution < 1.29 is 13.2 Å². The predicted octanol–water partition coefficient (Wildman–Crippen LogP) is 4.13. The average Bonchev–Trinajstić information content (AvgIpc) is 2.64. The second-order valence-corrected chi connectivity index (χ2v) is 8.64. The van der Waals surface area contributed by atoms with Crippen molar-refractivity contribution in [3.8, 4) is 0 Å². The fraction of sp³-hybridized carbons (Fsp3) is 0.368. The molecule has 0 bridgehead atoms. The van der Waals surface area contributed by atoms with Crippen LogP contribution in [0.4, 0.5) is 0 Å². The molecule has 1 atom stereocenters. The minimum absolute atomic E-state index is 0.00257. The number of benzene rings is 2. The smallest absolute Gasteiger partial charge is 0.243 e. The second-order valence-electron chi connectivity index (χ2n) is 6.27. The summed E-state index contributed by atoms with van der Waals surface area (Å²) in [5.74, 6) is 0.304. The van der Waals surface area contributed by atoms with Gasteiger partial charge in [0, 0.05) is 25.2 Å². The highest BCUT2D eigenvalue weighted by Crippen LogP contribution is 2.34. The highest BCUT2D eigenvalue weighted by Gasteiger charge is 2.33. The van der Waals surface area contributed by atoms with E-state index in [1.807, 2.05) is 18.2 Å². The molecule has 4 nitrogen and oxygen atoms in total. The van der Waals surface area contributed by atoms with Gasteiger partial charge in [-0.3, -0.25) is 0 Å². The van der Waals surface area contributed by atoms with Crippen LogP contribution in [0.25, 0.3) is 0 Å². The van der Waals surface area contributed by atoms with Crippen molar-refractivity contribution in [2.75, 3.05) is 20.2 Å². The highest BCUT2D eigenvalue weighted by molar-refractivity contribution is 7.89. The second kappa shape index (κ2) is 7.87. The number of rotatable bonds is 5. The Morgan fingerprint density at radius 3 is 2.36 bits per heavy atom. The molecule has 3 rings (SSSR count). The summed E-state index contributed by atoms with van der Waals surface area (Å²) in [6, 6.07) is 16.5. The van der Waals surface area contributed by atoms with Crippen LogP contribution in [0.5, 0.6) is 0 Å². The van der Waals surface area contributed by atoms with Crippen LogP contribution < -0.4 is 0 Å². The molecule has 25 heavy (non-hydrogen) atoms. The van der Waals surface area contributed by atoms with Crippen molar-refractivity contribution in [2.24, 2.45) is 5.92 Å². The number of hydrogen-bond acceptors (Lipinski definition) is 3. The lowest BCUT2D eigenvalue weighted by atomic mass is 9.88. The van der Waals surface area contributed by atoms with Gasteiger partial charge in [0.1, 0.15) is 0 Å². The van der Waals surface area contributed by atoms with Crippen LogP contribution in [-0.4, -0.2) is 32.9 Å². The molecule has 0 aromatic heterocycles. The van der Waals surface area contributed by atoms with Crippen molar-refractivity contribution in [3.63, 3.8) is 0 Å². The van der Waals surface area contributed by atoms with Crippen molar-refractivity contribution in [2.45, 2.75) is 23.8 Å². The Hall–Kier alpha value is -1.40. The molecule has 1 fully saturated rings. The first kappa shape index (κ1) is 18.4. The number of ether oxygens (including phenoxy) is 1. The van der Waals surface area contributed by atoms with E-state index in [1.54, 1.807) is 29.6 Å². The summed E-state index contributed by atoms with van der Waals surface area (Å²) in [4.78, 5) is 0.254. The molecule has 1 heterocycles. The lowest BCUT2D eigenvalue weighted by molar-refractivity contribution is 0.0303. The molecule has 0 amide bonds. The van der Waals surface area contributed by atoms with E-state index in [0.29, 0.717) is 24.0 Å². The van der Waals surface area contributed by atoms with Gasteiger partial charge in [-0.1, -0.05) is 48.0 Å². The summed E-state index contributed by atoms with van der Waals surface area (Å²) in [7, 11) is -1.78. The maximum Gasteiger partial charge on any atom is 0.243 e. The maximum atomic E-state index is 12.8. The van der Waals surface area contributed by atoms with Gasteiger partial charge in [-0.2, -0.15) is 4.31 Å². The van der Waals surface area contributed by atoms with Crippen LogP contribution in [0.15, 0.2) is 59.5 Å². The zero-order valence-electron chi connectivity index (χ0n) is 14.1. The molecular weight excluding hydrogens is 358 g/mol. The molecule has 2 aromatic rings. The van der Waals surface area contributed by atoms with Gasteiger partial charge in [-0.15, -0.1) is 0 Å². The molecule has 1 aliphatic heterocycles. The third-order valence-electron chi connectivity index (χ3n) is 4.74. The number of hydrogen-bond donors (Lipinski definition) is 0. The maximum absolute atomic E-state index is 12.8. The van der Waals surface area contributed by atoms with Crippen molar-refractivity contribution in [3.05, 3.63) is 65.2 Å². The Morgan fingerprint density at radius 2 is 1.76 bits per heavy atom. The SMILES string of the molecule is COC(c1ccccc1)C1CCN(S(=O)(=O)c2cccc(Cl)c2)CC1. The van der Waals surface area contributed by atoms with Crippen molar-refractivity contribution >= 4 is 21.6 Å². The Balaban J connectivity index is 1.71. The molecule has 2 aromatic carbocycles. The summed E-state index contributed by atoms with van der Waals surface area (Å²) in [5, 5.41) is 0.430. The predicted molar refractivity (Wildman–Crippen MR) is 99.1 cm³/mol. The molecule has 1 unspecified atom stereocenters. The summed E-state index contributed by atoms with van der Waals surface area (Å²) in [5.41, 5.74) is 1.14. The molecular formula is C19H22ClNO3S. The molecule has 1 aliphatic rings. The van der Waals surface area contributed by atoms with Crippen LogP contribution in [0.1, 0.15) is 24.5 Å². The van der Waals surface area contributed by atoms with Crippen LogP contribution in [-0.2, 0) is 14.8 Å². The summed E-state index contributed by atoms with van der Waals surface area (Å²) in [6.45, 7) is 0.985. The third kappa shape index (κ3) is 4.06. The van der Waals surface area contributed by atoms with Gasteiger partial charge >= 0.3 is 0 Å². The summed E-state index contributed by atoms with van der Waals surface area (Å²) >= 11 is 5.94. The van der Waals surface area contributed by atoms with E-state index in [2.05, 4.69) is 12.1 Å². The van der Waals surface area contributed by atoms with E-state index in [-0.39, 0.29) is 11.0 Å². The number of piperidine rings is 1. The van der Waals surface area contributed by atoms with Crippen LogP contribution >= 0.6 is 11.6 Å². The van der Waals surface area contributed by atoms with Crippen LogP contribution in [0.3, 0.4) is 0 Å². The quantitative estimate of drug-likeness (QED) is 0.784. The largest absolute Gasteiger partial charge is 0.376 e. The van der Waals surface area contributed by atoms with Gasteiger partial charge in [0.05, 0.1) is 11.0 Å². The minimum atomic E-state index is -3.50. The third-order valence-corrected chi connectivity index (χ3v) is 6.87. The lowest BCUT2D eigenvalue weighted by Gasteiger charge is -2.35. The van der Waals surface area contributed by atoms with Crippen molar-refractivity contribution in [1.82, 2.24) is 4.31 Å². The topological polar surface area (TPSA) is 46.6 Å². The fourth-order valence-electron chi connectivity index (χ4n) is 3.44. The molecule has 0 aliphatic carbocycles. The molecule has 0 radical (unpaired) electrons. The first-order valence-electron chi connectivity index (χ1n) is 8.36. The average molecular weight is 380 g/mol. The molecule has 0 saturated carbocycles. The Labute approximate surface area is 154 Å². The number of nitrogens with zero attached hydrogens (tertiary/aromatic N) is 1. The highest BCUT2D eigenvalue weighted by atomic mass is 35.5. The molecule has 1 saturated heterocycles. The van der Waals surface area contributed by atoms with Gasteiger partial charge in [0.15, 0.2) is 0 Å². The normalized spacial score (nSPS) is 18.2. The van der Waals surface area contributed by atoms with Crippen LogP contribution in [0, 0.1) is 5.92 Å². The van der Waals surface area contributed by atoms with E-state index in [4.69, 9.17) is 16.3 Å². The number of methoxy groups -OCH3 is 1. The number of sulfonamides is 1. The minimum Gasteiger partial charge on any atom is -0.376 e. The molecule has 0 spiro atoms. The van der Waals surface area contributed by atoms with Gasteiger partial charge in [0.25, 0.3) is 0 Å². The first-order valence-corrected chi connectivity index (χ1v) is 10.2. The Morgan fingerprint density at radius 1 is 1.08 bits per heavy atom. The van der Waals surface area contributed by atoms with Gasteiger partial charge in [0.2, 0.25) is 10.0 Å². The Bertz CT molecular complexity index is 802. The lowest BCUT2D eigenvalue weighted by Crippen LogP contribution is -2.39. The standard InChI is InChI=1S/C19H22ClNO3S/c1-24-19(15-6-3-2-4-7-15)16-10-12-21(13-11-16)25(22,23)18-9-5-8-17(20)14-18/h2-9,14,16,19H,10-13H2,1H3. The van der Waals surface area contributed by atoms with Gasteiger partial charge in [-0.25, -0.2) is 8.42 Å². The van der Waals surface area contributed by atoms with Crippen LogP contribution in [0.2, 0.25) is 5.02 Å². The zero-order valence-corrected chi connectivity index (χ0v) is 15.7. The van der Waals surface area contributed by atoms with Gasteiger partial charge < -0.3 is 4.74 Å². The molecule has 6 heteroatoms. The molecule has 134 valence electrons. The van der Waals surface area contributed by atoms with Gasteiger partial charge in [-0.05, 0) is 42.5 Å². The van der Waals surface area contributed by atoms with Crippen molar-refractivity contribution in [1.29, 1.82) is 0 Å².